The van der Waals surface area contributed by atoms with Gasteiger partial charge in [0.25, 0.3) is 0 Å². The maximum atomic E-state index is 9.65. The minimum atomic E-state index is -0.189. The Labute approximate surface area is 107 Å². The second-order valence-electron chi connectivity index (χ2n) is 4.45. The normalized spacial score (nSPS) is 13.8. The number of hydrogen-bond donors (Lipinski definition) is 2. The minimum Gasteiger partial charge on any atom is -0.392 e. The number of aliphatic hydroxyl groups excluding tert-OH is 1. The summed E-state index contributed by atoms with van der Waals surface area (Å²) in [6.45, 7) is 5.89. The standard InChI is InChI=1S/C15H29NO/c1-3-5-7-8-9-11-13-16-14-15(17)12-10-6-4-2/h7-9,11,15-17H,3-6,10,12-14H2,1-2H3/t15-/m1/s1. The number of aliphatic hydroxyl groups is 1. The lowest BCUT2D eigenvalue weighted by atomic mass is 10.1. The van der Waals surface area contributed by atoms with Crippen LogP contribution in [-0.4, -0.2) is 24.3 Å². The van der Waals surface area contributed by atoms with Crippen LogP contribution in [0.2, 0.25) is 0 Å². The van der Waals surface area contributed by atoms with E-state index in [-0.39, 0.29) is 6.10 Å². The Morgan fingerprint density at radius 3 is 2.53 bits per heavy atom. The van der Waals surface area contributed by atoms with Crippen molar-refractivity contribution in [3.8, 4) is 0 Å². The molecule has 17 heavy (non-hydrogen) atoms. The van der Waals surface area contributed by atoms with Crippen LogP contribution in [0.25, 0.3) is 0 Å². The van der Waals surface area contributed by atoms with E-state index < -0.39 is 0 Å². The Morgan fingerprint density at radius 1 is 1.06 bits per heavy atom. The number of allylic oxidation sites excluding steroid dienone is 3. The van der Waals surface area contributed by atoms with Gasteiger partial charge in [-0.1, -0.05) is 63.8 Å². The molecule has 0 fully saturated rings. The second-order valence-corrected chi connectivity index (χ2v) is 4.45. The van der Waals surface area contributed by atoms with Crippen molar-refractivity contribution in [1.82, 2.24) is 5.32 Å². The molecule has 0 saturated carbocycles. The Morgan fingerprint density at radius 2 is 1.82 bits per heavy atom. The number of rotatable bonds is 11. The molecule has 0 aliphatic carbocycles. The van der Waals surface area contributed by atoms with E-state index >= 15 is 0 Å². The van der Waals surface area contributed by atoms with E-state index in [1.54, 1.807) is 0 Å². The van der Waals surface area contributed by atoms with E-state index in [9.17, 15) is 5.11 Å². The molecule has 0 aliphatic heterocycles. The molecular formula is C15H29NO. The van der Waals surface area contributed by atoms with Crippen LogP contribution in [0.15, 0.2) is 24.3 Å². The van der Waals surface area contributed by atoms with Gasteiger partial charge in [-0.05, 0) is 12.8 Å². The van der Waals surface area contributed by atoms with Crippen LogP contribution in [0.1, 0.15) is 52.4 Å². The van der Waals surface area contributed by atoms with Gasteiger partial charge in [0, 0.05) is 13.1 Å². The molecule has 0 heterocycles. The summed E-state index contributed by atoms with van der Waals surface area (Å²) in [6, 6.07) is 0. The third-order valence-electron chi connectivity index (χ3n) is 2.62. The summed E-state index contributed by atoms with van der Waals surface area (Å²) in [6.07, 6.45) is 15.1. The summed E-state index contributed by atoms with van der Waals surface area (Å²) in [5.74, 6) is 0. The first-order valence-corrected chi connectivity index (χ1v) is 7.01. The van der Waals surface area contributed by atoms with Crippen molar-refractivity contribution in [2.45, 2.75) is 58.5 Å². The number of nitrogens with one attached hydrogen (secondary N) is 1. The third kappa shape index (κ3) is 13.3. The maximum absolute atomic E-state index is 9.65. The molecule has 0 spiro atoms. The van der Waals surface area contributed by atoms with Crippen molar-refractivity contribution in [2.24, 2.45) is 0 Å². The zero-order valence-corrected chi connectivity index (χ0v) is 11.5. The Bertz CT molecular complexity index is 199. The summed E-state index contributed by atoms with van der Waals surface area (Å²) >= 11 is 0. The number of hydrogen-bond acceptors (Lipinski definition) is 2. The summed E-state index contributed by atoms with van der Waals surface area (Å²) < 4.78 is 0. The fraction of sp³-hybridized carbons (Fsp3) is 0.733. The van der Waals surface area contributed by atoms with Crippen LogP contribution in [0.4, 0.5) is 0 Å². The monoisotopic (exact) mass is 239 g/mol. The van der Waals surface area contributed by atoms with E-state index in [1.165, 1.54) is 19.3 Å². The predicted octanol–water partition coefficient (Wildman–Crippen LogP) is 3.43. The molecule has 2 nitrogen and oxygen atoms in total. The van der Waals surface area contributed by atoms with Crippen molar-refractivity contribution >= 4 is 0 Å². The Balaban J connectivity index is 3.31. The van der Waals surface area contributed by atoms with Crippen LogP contribution in [0.5, 0.6) is 0 Å². The van der Waals surface area contributed by atoms with Crippen molar-refractivity contribution < 1.29 is 5.11 Å². The molecule has 100 valence electrons. The maximum Gasteiger partial charge on any atom is 0.0664 e. The minimum absolute atomic E-state index is 0.189. The highest BCUT2D eigenvalue weighted by atomic mass is 16.3. The first kappa shape index (κ1) is 16.4. The van der Waals surface area contributed by atoms with Crippen molar-refractivity contribution in [3.05, 3.63) is 24.3 Å². The topological polar surface area (TPSA) is 32.3 Å². The zero-order chi connectivity index (χ0) is 12.8. The molecular weight excluding hydrogens is 210 g/mol. The van der Waals surface area contributed by atoms with Crippen LogP contribution in [0.3, 0.4) is 0 Å². The molecule has 0 aromatic carbocycles. The van der Waals surface area contributed by atoms with E-state index in [4.69, 9.17) is 0 Å². The van der Waals surface area contributed by atoms with E-state index in [0.717, 1.165) is 25.8 Å². The third-order valence-corrected chi connectivity index (χ3v) is 2.62. The fourth-order valence-corrected chi connectivity index (χ4v) is 1.55. The van der Waals surface area contributed by atoms with Gasteiger partial charge in [0.2, 0.25) is 0 Å². The molecule has 0 bridgehead atoms. The molecule has 0 aliphatic rings. The van der Waals surface area contributed by atoms with Gasteiger partial charge in [0.15, 0.2) is 0 Å². The highest BCUT2D eigenvalue weighted by molar-refractivity contribution is 5.02. The summed E-state index contributed by atoms with van der Waals surface area (Å²) in [7, 11) is 0. The molecule has 0 saturated heterocycles. The lowest BCUT2D eigenvalue weighted by molar-refractivity contribution is 0.159. The largest absolute Gasteiger partial charge is 0.392 e. The van der Waals surface area contributed by atoms with Crippen molar-refractivity contribution in [3.63, 3.8) is 0 Å². The van der Waals surface area contributed by atoms with Gasteiger partial charge < -0.3 is 10.4 Å². The molecule has 0 rings (SSSR count). The van der Waals surface area contributed by atoms with Gasteiger partial charge in [-0.2, -0.15) is 0 Å². The van der Waals surface area contributed by atoms with E-state index in [0.29, 0.717) is 6.54 Å². The molecule has 0 unspecified atom stereocenters. The first-order chi connectivity index (χ1) is 8.31. The van der Waals surface area contributed by atoms with Crippen LogP contribution in [0, 0.1) is 0 Å². The average molecular weight is 239 g/mol. The second kappa shape index (κ2) is 13.5. The molecule has 0 aromatic heterocycles. The van der Waals surface area contributed by atoms with Crippen molar-refractivity contribution in [1.29, 1.82) is 0 Å². The van der Waals surface area contributed by atoms with Crippen molar-refractivity contribution in [2.75, 3.05) is 13.1 Å². The average Bonchev–Trinajstić information content (AvgIpc) is 2.33. The summed E-state index contributed by atoms with van der Waals surface area (Å²) in [5.41, 5.74) is 0. The fourth-order valence-electron chi connectivity index (χ4n) is 1.55. The molecule has 1 atom stereocenters. The van der Waals surface area contributed by atoms with Gasteiger partial charge >= 0.3 is 0 Å². The molecule has 0 radical (unpaired) electrons. The van der Waals surface area contributed by atoms with Crippen LogP contribution >= 0.6 is 0 Å². The molecule has 2 heteroatoms. The smallest absolute Gasteiger partial charge is 0.0664 e. The van der Waals surface area contributed by atoms with Gasteiger partial charge in [0.05, 0.1) is 6.10 Å². The van der Waals surface area contributed by atoms with Gasteiger partial charge in [0.1, 0.15) is 0 Å². The lowest BCUT2D eigenvalue weighted by Crippen LogP contribution is -2.26. The summed E-state index contributed by atoms with van der Waals surface area (Å²) in [5, 5.41) is 12.9. The SMILES string of the molecule is CCCC=CC=CCNC[C@H](O)CCCCC. The Hall–Kier alpha value is -0.600. The van der Waals surface area contributed by atoms with Gasteiger partial charge in [-0.25, -0.2) is 0 Å². The lowest BCUT2D eigenvalue weighted by Gasteiger charge is -2.09. The number of unbranched alkanes of at least 4 members (excludes halogenated alkanes) is 3. The molecule has 0 aromatic rings. The Kier molecular flexibility index (Phi) is 13.0. The van der Waals surface area contributed by atoms with Gasteiger partial charge in [-0.15, -0.1) is 0 Å². The predicted molar refractivity (Wildman–Crippen MR) is 76.2 cm³/mol. The highest BCUT2D eigenvalue weighted by Gasteiger charge is 2.01. The van der Waals surface area contributed by atoms with E-state index in [1.807, 2.05) is 0 Å². The van der Waals surface area contributed by atoms with Gasteiger partial charge in [-0.3, -0.25) is 0 Å². The highest BCUT2D eigenvalue weighted by Crippen LogP contribution is 2.02. The van der Waals surface area contributed by atoms with E-state index in [2.05, 4.69) is 43.5 Å². The molecule has 2 N–H and O–H groups in total. The molecule has 0 amide bonds. The van der Waals surface area contributed by atoms with Crippen LogP contribution < -0.4 is 5.32 Å². The first-order valence-electron chi connectivity index (χ1n) is 7.01. The van der Waals surface area contributed by atoms with Crippen LogP contribution in [-0.2, 0) is 0 Å². The quantitative estimate of drug-likeness (QED) is 0.428. The summed E-state index contributed by atoms with van der Waals surface area (Å²) in [4.78, 5) is 0. The zero-order valence-electron chi connectivity index (χ0n) is 11.5.